The number of aliphatic hydroxyl groups is 1. The molecule has 0 saturated carbocycles. The maximum Gasteiger partial charge on any atom is 0.419 e. The molecule has 0 bridgehead atoms. The van der Waals surface area contributed by atoms with Crippen molar-refractivity contribution >= 4 is 0 Å². The summed E-state index contributed by atoms with van der Waals surface area (Å²) in [6, 6.07) is 7.87. The van der Waals surface area contributed by atoms with Crippen molar-refractivity contribution in [1.29, 1.82) is 0 Å². The summed E-state index contributed by atoms with van der Waals surface area (Å²) in [6.07, 6.45) is -3.83. The molecule has 1 atom stereocenters. The third-order valence-electron chi connectivity index (χ3n) is 2.65. The van der Waals surface area contributed by atoms with Gasteiger partial charge >= 0.3 is 6.18 Å². The molecule has 0 saturated heterocycles. The zero-order valence-corrected chi connectivity index (χ0v) is 10.6. The van der Waals surface area contributed by atoms with Gasteiger partial charge < -0.3 is 9.84 Å². The Hall–Kier alpha value is -2.08. The number of nitrogens with zero attached hydrogens (tertiary/aromatic N) is 1. The first-order valence-electron chi connectivity index (χ1n) is 5.86. The van der Waals surface area contributed by atoms with Gasteiger partial charge in [0.15, 0.2) is 0 Å². The summed E-state index contributed by atoms with van der Waals surface area (Å²) >= 11 is 0. The Morgan fingerprint density at radius 2 is 1.85 bits per heavy atom. The fourth-order valence-corrected chi connectivity index (χ4v) is 1.60. The maximum absolute atomic E-state index is 12.8. The minimum absolute atomic E-state index is 0.0334. The molecule has 0 amide bonds. The van der Waals surface area contributed by atoms with E-state index in [4.69, 9.17) is 4.74 Å². The van der Waals surface area contributed by atoms with Crippen molar-refractivity contribution in [2.45, 2.75) is 19.2 Å². The summed E-state index contributed by atoms with van der Waals surface area (Å²) in [6.45, 7) is 1.57. The van der Waals surface area contributed by atoms with Gasteiger partial charge in [0.1, 0.15) is 5.75 Å². The summed E-state index contributed by atoms with van der Waals surface area (Å²) < 4.78 is 43.5. The largest absolute Gasteiger partial charge is 0.438 e. The van der Waals surface area contributed by atoms with Crippen LogP contribution in [0.5, 0.6) is 11.6 Å². The summed E-state index contributed by atoms with van der Waals surface area (Å²) in [4.78, 5) is 3.87. The van der Waals surface area contributed by atoms with Crippen LogP contribution in [0.15, 0.2) is 42.6 Å². The summed E-state index contributed by atoms with van der Waals surface area (Å²) in [5, 5.41) is 9.33. The van der Waals surface area contributed by atoms with Gasteiger partial charge in [-0.15, -0.1) is 0 Å². The molecule has 0 fully saturated rings. The third-order valence-corrected chi connectivity index (χ3v) is 2.65. The summed E-state index contributed by atoms with van der Waals surface area (Å²) in [5.41, 5.74) is -0.303. The lowest BCUT2D eigenvalue weighted by Crippen LogP contribution is -2.07. The normalized spacial score (nSPS) is 13.1. The highest BCUT2D eigenvalue weighted by molar-refractivity contribution is 5.38. The Morgan fingerprint density at radius 1 is 1.15 bits per heavy atom. The predicted octanol–water partition coefficient (Wildman–Crippen LogP) is 3.95. The molecule has 0 aliphatic heterocycles. The van der Waals surface area contributed by atoms with E-state index in [1.807, 2.05) is 0 Å². The zero-order chi connectivity index (χ0) is 14.8. The minimum Gasteiger partial charge on any atom is -0.438 e. The van der Waals surface area contributed by atoms with Crippen LogP contribution in [0.4, 0.5) is 13.2 Å². The van der Waals surface area contributed by atoms with Crippen LogP contribution >= 0.6 is 0 Å². The Bertz CT molecular complexity index is 580. The number of aliphatic hydroxyl groups excluding tert-OH is 1. The van der Waals surface area contributed by atoms with E-state index >= 15 is 0 Å². The molecule has 0 radical (unpaired) electrons. The average Bonchev–Trinajstić information content (AvgIpc) is 2.38. The number of ether oxygens (including phenoxy) is 1. The lowest BCUT2D eigenvalue weighted by Gasteiger charge is -2.13. The smallest absolute Gasteiger partial charge is 0.419 e. The fourth-order valence-electron chi connectivity index (χ4n) is 1.60. The van der Waals surface area contributed by atoms with E-state index in [9.17, 15) is 18.3 Å². The zero-order valence-electron chi connectivity index (χ0n) is 10.6. The standard InChI is InChI=1S/C14H12F3NO2/c1-9(19)10-6-7-13(18-8-10)20-12-5-3-2-4-11(12)14(15,16)17/h2-9,19H,1H3/t9-/m1/s1. The number of pyridine rings is 1. The van der Waals surface area contributed by atoms with Crippen molar-refractivity contribution in [2.24, 2.45) is 0 Å². The maximum atomic E-state index is 12.8. The van der Waals surface area contributed by atoms with Gasteiger partial charge in [-0.05, 0) is 30.7 Å². The molecule has 0 aliphatic rings. The predicted molar refractivity (Wildman–Crippen MR) is 66.4 cm³/mol. The lowest BCUT2D eigenvalue weighted by molar-refractivity contribution is -0.138. The lowest BCUT2D eigenvalue weighted by atomic mass is 10.2. The van der Waals surface area contributed by atoms with E-state index in [2.05, 4.69) is 4.98 Å². The highest BCUT2D eigenvalue weighted by Gasteiger charge is 2.34. The number of halogens is 3. The molecule has 1 heterocycles. The van der Waals surface area contributed by atoms with Crippen LogP contribution in [0.25, 0.3) is 0 Å². The van der Waals surface area contributed by atoms with Gasteiger partial charge in [-0.1, -0.05) is 12.1 Å². The number of alkyl halides is 3. The van der Waals surface area contributed by atoms with E-state index in [-0.39, 0.29) is 11.6 Å². The highest BCUT2D eigenvalue weighted by atomic mass is 19.4. The summed E-state index contributed by atoms with van der Waals surface area (Å²) in [7, 11) is 0. The molecular weight excluding hydrogens is 271 g/mol. The number of hydrogen-bond acceptors (Lipinski definition) is 3. The minimum atomic E-state index is -4.49. The van der Waals surface area contributed by atoms with Crippen LogP contribution in [0.1, 0.15) is 24.2 Å². The number of aromatic nitrogens is 1. The van der Waals surface area contributed by atoms with Crippen molar-refractivity contribution < 1.29 is 23.0 Å². The Labute approximate surface area is 113 Å². The molecule has 6 heteroatoms. The van der Waals surface area contributed by atoms with Gasteiger partial charge in [0, 0.05) is 12.3 Å². The second-order valence-corrected chi connectivity index (χ2v) is 4.20. The number of rotatable bonds is 3. The first-order valence-corrected chi connectivity index (χ1v) is 5.86. The number of para-hydroxylation sites is 1. The second-order valence-electron chi connectivity index (χ2n) is 4.20. The average molecular weight is 283 g/mol. The van der Waals surface area contributed by atoms with Crippen molar-refractivity contribution in [3.05, 3.63) is 53.7 Å². The molecular formula is C14H12F3NO2. The van der Waals surface area contributed by atoms with Gasteiger partial charge in [0.25, 0.3) is 0 Å². The van der Waals surface area contributed by atoms with Crippen LogP contribution < -0.4 is 4.74 Å². The molecule has 3 nitrogen and oxygen atoms in total. The van der Waals surface area contributed by atoms with Crippen LogP contribution in [0, 0.1) is 0 Å². The highest BCUT2D eigenvalue weighted by Crippen LogP contribution is 2.37. The molecule has 1 N–H and O–H groups in total. The van der Waals surface area contributed by atoms with Crippen LogP contribution in [-0.2, 0) is 6.18 Å². The van der Waals surface area contributed by atoms with Crippen LogP contribution in [-0.4, -0.2) is 10.1 Å². The van der Waals surface area contributed by atoms with Gasteiger partial charge in [-0.2, -0.15) is 13.2 Å². The number of benzene rings is 1. The molecule has 0 unspecified atom stereocenters. The van der Waals surface area contributed by atoms with Crippen molar-refractivity contribution in [3.63, 3.8) is 0 Å². The first-order chi connectivity index (χ1) is 9.38. The third kappa shape index (κ3) is 3.27. The molecule has 1 aromatic carbocycles. The molecule has 106 valence electrons. The second kappa shape index (κ2) is 5.50. The van der Waals surface area contributed by atoms with Gasteiger partial charge in [-0.25, -0.2) is 4.98 Å². The Kier molecular flexibility index (Phi) is 3.94. The number of hydrogen-bond donors (Lipinski definition) is 1. The van der Waals surface area contributed by atoms with E-state index in [1.54, 1.807) is 13.0 Å². The van der Waals surface area contributed by atoms with Crippen molar-refractivity contribution in [3.8, 4) is 11.6 Å². The quantitative estimate of drug-likeness (QED) is 0.927. The monoisotopic (exact) mass is 283 g/mol. The topological polar surface area (TPSA) is 42.4 Å². The van der Waals surface area contributed by atoms with Crippen LogP contribution in [0.3, 0.4) is 0 Å². The van der Waals surface area contributed by atoms with E-state index in [1.165, 1.54) is 30.5 Å². The van der Waals surface area contributed by atoms with E-state index in [0.29, 0.717) is 5.56 Å². The van der Waals surface area contributed by atoms with E-state index in [0.717, 1.165) is 6.07 Å². The molecule has 0 aliphatic carbocycles. The molecule has 0 spiro atoms. The summed E-state index contributed by atoms with van der Waals surface area (Å²) in [5.74, 6) is -0.275. The first kappa shape index (κ1) is 14.3. The Balaban J connectivity index is 2.26. The van der Waals surface area contributed by atoms with Crippen molar-refractivity contribution in [1.82, 2.24) is 4.98 Å². The van der Waals surface area contributed by atoms with Gasteiger partial charge in [0.2, 0.25) is 5.88 Å². The van der Waals surface area contributed by atoms with Gasteiger partial charge in [0.05, 0.1) is 11.7 Å². The van der Waals surface area contributed by atoms with E-state index < -0.39 is 17.8 Å². The molecule has 1 aromatic heterocycles. The SMILES string of the molecule is C[C@@H](O)c1ccc(Oc2ccccc2C(F)(F)F)nc1. The van der Waals surface area contributed by atoms with Gasteiger partial charge in [-0.3, -0.25) is 0 Å². The molecule has 2 rings (SSSR count). The fraction of sp³-hybridized carbons (Fsp3) is 0.214. The van der Waals surface area contributed by atoms with Crippen LogP contribution in [0.2, 0.25) is 0 Å². The van der Waals surface area contributed by atoms with Crippen molar-refractivity contribution in [2.75, 3.05) is 0 Å². The Morgan fingerprint density at radius 3 is 2.40 bits per heavy atom. The molecule has 20 heavy (non-hydrogen) atoms. The molecule has 2 aromatic rings.